The van der Waals surface area contributed by atoms with E-state index in [2.05, 4.69) is 84.4 Å². The molecular weight excluding hydrogens is 244 g/mol. The molecule has 2 heteroatoms. The van der Waals surface area contributed by atoms with Gasteiger partial charge in [0.15, 0.2) is 0 Å². The van der Waals surface area contributed by atoms with E-state index in [0.717, 1.165) is 13.1 Å². The zero-order valence-electron chi connectivity index (χ0n) is 12.2. The molecule has 0 amide bonds. The average molecular weight is 266 g/mol. The summed E-state index contributed by atoms with van der Waals surface area (Å²) in [6, 6.07) is 22.5. The van der Waals surface area contributed by atoms with Crippen LogP contribution in [0.5, 0.6) is 0 Å². The second-order valence-electron chi connectivity index (χ2n) is 5.61. The van der Waals surface area contributed by atoms with Crippen molar-refractivity contribution in [3.05, 3.63) is 66.2 Å². The first-order valence-corrected chi connectivity index (χ1v) is 7.34. The van der Waals surface area contributed by atoms with E-state index in [0.29, 0.717) is 12.1 Å². The van der Waals surface area contributed by atoms with Gasteiger partial charge in [-0.15, -0.1) is 0 Å². The molecule has 3 rings (SSSR count). The molecule has 2 aromatic rings. The maximum atomic E-state index is 2.54. The molecule has 0 spiro atoms. The molecule has 20 heavy (non-hydrogen) atoms. The molecule has 2 aromatic carbocycles. The highest BCUT2D eigenvalue weighted by molar-refractivity contribution is 5.50. The number of benzene rings is 2. The Labute approximate surface area is 121 Å². The summed E-state index contributed by atoms with van der Waals surface area (Å²) < 4.78 is 0. The van der Waals surface area contributed by atoms with Gasteiger partial charge in [0.05, 0.1) is 6.04 Å². The van der Waals surface area contributed by atoms with Crippen LogP contribution in [0.4, 0.5) is 5.69 Å². The number of nitrogens with zero attached hydrogens (tertiary/aromatic N) is 2. The second-order valence-corrected chi connectivity index (χ2v) is 5.61. The monoisotopic (exact) mass is 266 g/mol. The van der Waals surface area contributed by atoms with Gasteiger partial charge in [0.2, 0.25) is 0 Å². The fourth-order valence-corrected chi connectivity index (χ4v) is 3.13. The number of piperazine rings is 1. The van der Waals surface area contributed by atoms with Crippen molar-refractivity contribution in [2.75, 3.05) is 25.0 Å². The van der Waals surface area contributed by atoms with Crippen molar-refractivity contribution in [2.45, 2.75) is 19.0 Å². The summed E-state index contributed by atoms with van der Waals surface area (Å²) in [4.78, 5) is 5.00. The van der Waals surface area contributed by atoms with Gasteiger partial charge in [-0.1, -0.05) is 48.5 Å². The van der Waals surface area contributed by atoms with Gasteiger partial charge in [-0.25, -0.2) is 0 Å². The van der Waals surface area contributed by atoms with Crippen LogP contribution in [-0.2, 0) is 0 Å². The molecule has 1 fully saturated rings. The molecule has 2 nitrogen and oxygen atoms in total. The van der Waals surface area contributed by atoms with Gasteiger partial charge in [0, 0.05) is 24.8 Å². The van der Waals surface area contributed by atoms with Crippen LogP contribution < -0.4 is 4.90 Å². The van der Waals surface area contributed by atoms with Crippen molar-refractivity contribution >= 4 is 5.69 Å². The molecule has 0 bridgehead atoms. The van der Waals surface area contributed by atoms with Crippen LogP contribution in [0, 0.1) is 0 Å². The van der Waals surface area contributed by atoms with E-state index >= 15 is 0 Å². The molecule has 0 aromatic heterocycles. The van der Waals surface area contributed by atoms with Crippen LogP contribution in [-0.4, -0.2) is 31.1 Å². The predicted octanol–water partition coefficient (Wildman–Crippen LogP) is 3.57. The zero-order valence-corrected chi connectivity index (χ0v) is 12.2. The van der Waals surface area contributed by atoms with Crippen LogP contribution in [0.1, 0.15) is 18.5 Å². The molecule has 1 aliphatic rings. The molecule has 0 radical (unpaired) electrons. The van der Waals surface area contributed by atoms with Gasteiger partial charge in [-0.05, 0) is 31.7 Å². The number of para-hydroxylation sites is 1. The second kappa shape index (κ2) is 5.68. The summed E-state index contributed by atoms with van der Waals surface area (Å²) in [5.41, 5.74) is 2.72. The van der Waals surface area contributed by atoms with Gasteiger partial charge < -0.3 is 4.90 Å². The number of anilines is 1. The van der Waals surface area contributed by atoms with Gasteiger partial charge in [0.1, 0.15) is 0 Å². The molecule has 0 saturated carbocycles. The third-order valence-electron chi connectivity index (χ3n) is 4.41. The van der Waals surface area contributed by atoms with E-state index in [1.54, 1.807) is 0 Å². The lowest BCUT2D eigenvalue weighted by Crippen LogP contribution is -2.52. The number of hydrogen-bond acceptors (Lipinski definition) is 2. The zero-order chi connectivity index (χ0) is 13.9. The Morgan fingerprint density at radius 1 is 0.850 bits per heavy atom. The van der Waals surface area contributed by atoms with Crippen molar-refractivity contribution in [3.8, 4) is 0 Å². The minimum absolute atomic E-state index is 0.414. The molecule has 0 N–H and O–H groups in total. The van der Waals surface area contributed by atoms with E-state index in [9.17, 15) is 0 Å². The number of likely N-dealkylation sites (N-methyl/N-ethyl adjacent to an activating group) is 1. The quantitative estimate of drug-likeness (QED) is 0.820. The fourth-order valence-electron chi connectivity index (χ4n) is 3.13. The van der Waals surface area contributed by atoms with Crippen LogP contribution in [0.15, 0.2) is 60.7 Å². The van der Waals surface area contributed by atoms with Gasteiger partial charge in [-0.2, -0.15) is 0 Å². The van der Waals surface area contributed by atoms with E-state index < -0.39 is 0 Å². The smallest absolute Gasteiger partial charge is 0.0695 e. The highest BCUT2D eigenvalue weighted by atomic mass is 15.3. The van der Waals surface area contributed by atoms with E-state index in [-0.39, 0.29) is 0 Å². The molecule has 1 saturated heterocycles. The maximum absolute atomic E-state index is 2.54. The highest BCUT2D eigenvalue weighted by Gasteiger charge is 2.32. The molecule has 2 unspecified atom stereocenters. The SMILES string of the molecule is CC1C(c2ccccc2)N(c2ccccc2)CCN1C. The van der Waals surface area contributed by atoms with Crippen molar-refractivity contribution in [2.24, 2.45) is 0 Å². The Hall–Kier alpha value is -1.80. The number of rotatable bonds is 2. The topological polar surface area (TPSA) is 6.48 Å². The lowest BCUT2D eigenvalue weighted by atomic mass is 9.94. The van der Waals surface area contributed by atoms with Crippen LogP contribution in [0.3, 0.4) is 0 Å². The summed E-state index contributed by atoms with van der Waals surface area (Å²) in [6.07, 6.45) is 0. The molecule has 0 aliphatic carbocycles. The predicted molar refractivity (Wildman–Crippen MR) is 85.1 cm³/mol. The normalized spacial score (nSPS) is 23.8. The van der Waals surface area contributed by atoms with Crippen molar-refractivity contribution in [3.63, 3.8) is 0 Å². The van der Waals surface area contributed by atoms with Gasteiger partial charge in [-0.3, -0.25) is 4.90 Å². The Morgan fingerprint density at radius 3 is 2.10 bits per heavy atom. The lowest BCUT2D eigenvalue weighted by molar-refractivity contribution is 0.189. The summed E-state index contributed by atoms with van der Waals surface area (Å²) in [5, 5.41) is 0. The standard InChI is InChI=1S/C18H22N2/c1-15-18(16-9-5-3-6-10-16)20(14-13-19(15)2)17-11-7-4-8-12-17/h3-12,15,18H,13-14H2,1-2H3. The first kappa shape index (κ1) is 13.2. The summed E-state index contributed by atoms with van der Waals surface area (Å²) in [7, 11) is 2.23. The van der Waals surface area contributed by atoms with Crippen LogP contribution >= 0.6 is 0 Å². The minimum atomic E-state index is 0.414. The largest absolute Gasteiger partial charge is 0.362 e. The lowest BCUT2D eigenvalue weighted by Gasteiger charge is -2.46. The molecule has 1 heterocycles. The average Bonchev–Trinajstić information content (AvgIpc) is 2.51. The molecular formula is C18H22N2. The molecule has 1 aliphatic heterocycles. The van der Waals surface area contributed by atoms with Crippen LogP contribution in [0.2, 0.25) is 0 Å². The van der Waals surface area contributed by atoms with Crippen molar-refractivity contribution in [1.29, 1.82) is 0 Å². The first-order chi connectivity index (χ1) is 9.77. The van der Waals surface area contributed by atoms with E-state index in [4.69, 9.17) is 0 Å². The molecule has 2 atom stereocenters. The maximum Gasteiger partial charge on any atom is 0.0695 e. The first-order valence-electron chi connectivity index (χ1n) is 7.34. The Balaban J connectivity index is 1.99. The summed E-state index contributed by atoms with van der Waals surface area (Å²) >= 11 is 0. The summed E-state index contributed by atoms with van der Waals surface area (Å²) in [6.45, 7) is 4.51. The Bertz CT molecular complexity index is 538. The molecule has 104 valence electrons. The number of hydrogen-bond donors (Lipinski definition) is 0. The Kier molecular flexibility index (Phi) is 3.75. The fraction of sp³-hybridized carbons (Fsp3) is 0.333. The van der Waals surface area contributed by atoms with Gasteiger partial charge in [0.25, 0.3) is 0 Å². The van der Waals surface area contributed by atoms with E-state index in [1.807, 2.05) is 0 Å². The summed E-state index contributed by atoms with van der Waals surface area (Å²) in [5.74, 6) is 0. The third kappa shape index (κ3) is 2.44. The van der Waals surface area contributed by atoms with Crippen molar-refractivity contribution < 1.29 is 0 Å². The third-order valence-corrected chi connectivity index (χ3v) is 4.41. The Morgan fingerprint density at radius 2 is 1.45 bits per heavy atom. The van der Waals surface area contributed by atoms with Crippen LogP contribution in [0.25, 0.3) is 0 Å². The highest BCUT2D eigenvalue weighted by Crippen LogP contribution is 2.34. The van der Waals surface area contributed by atoms with Gasteiger partial charge >= 0.3 is 0 Å². The minimum Gasteiger partial charge on any atom is -0.362 e. The van der Waals surface area contributed by atoms with E-state index in [1.165, 1.54) is 11.3 Å². The van der Waals surface area contributed by atoms with Crippen molar-refractivity contribution in [1.82, 2.24) is 4.90 Å².